The molecule has 1 aliphatic heterocycles. The summed E-state index contributed by atoms with van der Waals surface area (Å²) in [5, 5.41) is 3.73. The molecule has 25 heavy (non-hydrogen) atoms. The lowest BCUT2D eigenvalue weighted by atomic mass is 10.1. The van der Waals surface area contributed by atoms with Gasteiger partial charge in [0.15, 0.2) is 0 Å². The molecule has 1 saturated heterocycles. The van der Waals surface area contributed by atoms with Gasteiger partial charge in [-0.2, -0.15) is 0 Å². The van der Waals surface area contributed by atoms with Crippen molar-refractivity contribution in [1.82, 2.24) is 10.2 Å². The number of nitrogens with one attached hydrogen (secondary N) is 1. The highest BCUT2D eigenvalue weighted by Crippen LogP contribution is 2.23. The first-order valence-corrected chi connectivity index (χ1v) is 8.57. The summed E-state index contributed by atoms with van der Waals surface area (Å²) < 4.78 is 10.7. The number of hydrogen-bond acceptors (Lipinski definition) is 4. The molecule has 1 atom stereocenters. The molecular formula is C19H21ClN2O3. The maximum Gasteiger partial charge on any atom is 0.252 e. The topological polar surface area (TPSA) is 50.8 Å². The fourth-order valence-corrected chi connectivity index (χ4v) is 2.94. The molecule has 0 bridgehead atoms. The molecule has 1 aliphatic rings. The van der Waals surface area contributed by atoms with Crippen LogP contribution in [0.5, 0.6) is 5.75 Å². The van der Waals surface area contributed by atoms with E-state index in [1.54, 1.807) is 31.4 Å². The molecule has 0 saturated carbocycles. The molecule has 1 fully saturated rings. The Kier molecular flexibility index (Phi) is 5.91. The van der Waals surface area contributed by atoms with Crippen LogP contribution in [-0.4, -0.2) is 44.2 Å². The van der Waals surface area contributed by atoms with Gasteiger partial charge < -0.3 is 14.8 Å². The van der Waals surface area contributed by atoms with Crippen molar-refractivity contribution in [2.24, 2.45) is 0 Å². The number of hydrogen-bond donors (Lipinski definition) is 1. The molecule has 5 nitrogen and oxygen atoms in total. The summed E-state index contributed by atoms with van der Waals surface area (Å²) in [4.78, 5) is 14.9. The van der Waals surface area contributed by atoms with E-state index in [-0.39, 0.29) is 12.1 Å². The fourth-order valence-electron chi connectivity index (χ4n) is 2.82. The quantitative estimate of drug-likeness (QED) is 0.890. The molecule has 1 unspecified atom stereocenters. The molecule has 0 radical (unpaired) electrons. The number of carbonyl (C=O) groups excluding carboxylic acids is 1. The maximum absolute atomic E-state index is 12.7. The highest BCUT2D eigenvalue weighted by Gasteiger charge is 2.24. The minimum Gasteiger partial charge on any atom is -0.497 e. The third-order valence-corrected chi connectivity index (χ3v) is 4.47. The molecule has 3 rings (SSSR count). The number of nitrogens with zero attached hydrogens (tertiary/aromatic N) is 1. The van der Waals surface area contributed by atoms with Crippen molar-refractivity contribution in [3.05, 3.63) is 64.7 Å². The molecule has 0 aliphatic carbocycles. The second kappa shape index (κ2) is 8.34. The lowest BCUT2D eigenvalue weighted by Crippen LogP contribution is -2.46. The highest BCUT2D eigenvalue weighted by molar-refractivity contribution is 6.30. The zero-order valence-electron chi connectivity index (χ0n) is 14.1. The number of halogens is 1. The zero-order chi connectivity index (χ0) is 17.6. The van der Waals surface area contributed by atoms with Gasteiger partial charge in [-0.25, -0.2) is 0 Å². The number of benzene rings is 2. The van der Waals surface area contributed by atoms with Crippen LogP contribution in [0.15, 0.2) is 48.5 Å². The van der Waals surface area contributed by atoms with Crippen LogP contribution >= 0.6 is 11.6 Å². The first-order valence-electron chi connectivity index (χ1n) is 8.19. The Balaban J connectivity index is 1.82. The van der Waals surface area contributed by atoms with Gasteiger partial charge in [-0.1, -0.05) is 23.7 Å². The van der Waals surface area contributed by atoms with E-state index < -0.39 is 0 Å². The minimum atomic E-state index is -0.224. The summed E-state index contributed by atoms with van der Waals surface area (Å²) in [6.45, 7) is 2.84. The molecule has 1 amide bonds. The summed E-state index contributed by atoms with van der Waals surface area (Å²) in [7, 11) is 1.64. The number of rotatable bonds is 5. The van der Waals surface area contributed by atoms with Crippen LogP contribution in [0.1, 0.15) is 22.1 Å². The maximum atomic E-state index is 12.7. The van der Waals surface area contributed by atoms with E-state index in [9.17, 15) is 4.79 Å². The summed E-state index contributed by atoms with van der Waals surface area (Å²) in [6, 6.07) is 14.6. The SMILES string of the molecule is COc1ccc(C(NC(=O)c2ccc(Cl)cc2)N2CCOCC2)cc1. The number of morpholine rings is 1. The van der Waals surface area contributed by atoms with Crippen molar-refractivity contribution in [3.8, 4) is 5.75 Å². The van der Waals surface area contributed by atoms with Gasteiger partial charge in [-0.05, 0) is 42.0 Å². The molecule has 2 aromatic carbocycles. The van der Waals surface area contributed by atoms with Crippen LogP contribution in [0.4, 0.5) is 0 Å². The van der Waals surface area contributed by atoms with Gasteiger partial charge in [-0.15, -0.1) is 0 Å². The van der Waals surface area contributed by atoms with Gasteiger partial charge in [0.2, 0.25) is 0 Å². The lowest BCUT2D eigenvalue weighted by molar-refractivity contribution is 0.00846. The van der Waals surface area contributed by atoms with E-state index in [1.807, 2.05) is 24.3 Å². The second-order valence-electron chi connectivity index (χ2n) is 5.80. The summed E-state index contributed by atoms with van der Waals surface area (Å²) in [6.07, 6.45) is -0.224. The highest BCUT2D eigenvalue weighted by atomic mass is 35.5. The molecule has 1 heterocycles. The Bertz CT molecular complexity index is 698. The first-order chi connectivity index (χ1) is 12.2. The van der Waals surface area contributed by atoms with E-state index in [2.05, 4.69) is 10.2 Å². The van der Waals surface area contributed by atoms with Crippen LogP contribution < -0.4 is 10.1 Å². The Morgan fingerprint density at radius 2 is 1.76 bits per heavy atom. The van der Waals surface area contributed by atoms with Crippen LogP contribution in [-0.2, 0) is 4.74 Å². The van der Waals surface area contributed by atoms with E-state index >= 15 is 0 Å². The number of carbonyl (C=O) groups is 1. The van der Waals surface area contributed by atoms with Crippen molar-refractivity contribution >= 4 is 17.5 Å². The largest absolute Gasteiger partial charge is 0.497 e. The lowest BCUT2D eigenvalue weighted by Gasteiger charge is -2.35. The third kappa shape index (κ3) is 4.51. The van der Waals surface area contributed by atoms with Crippen LogP contribution in [0.2, 0.25) is 5.02 Å². The standard InChI is InChI=1S/C19H21ClN2O3/c1-24-17-8-4-14(5-9-17)18(22-10-12-25-13-11-22)21-19(23)15-2-6-16(20)7-3-15/h2-9,18H,10-13H2,1H3,(H,21,23). The molecule has 1 N–H and O–H groups in total. The number of ether oxygens (including phenoxy) is 2. The molecule has 132 valence electrons. The Morgan fingerprint density at radius 3 is 2.36 bits per heavy atom. The Labute approximate surface area is 152 Å². The summed E-state index contributed by atoms with van der Waals surface area (Å²) >= 11 is 5.90. The van der Waals surface area contributed by atoms with Gasteiger partial charge in [0.1, 0.15) is 11.9 Å². The molecule has 0 spiro atoms. The smallest absolute Gasteiger partial charge is 0.252 e. The molecule has 6 heteroatoms. The monoisotopic (exact) mass is 360 g/mol. The third-order valence-electron chi connectivity index (χ3n) is 4.22. The van der Waals surface area contributed by atoms with Gasteiger partial charge >= 0.3 is 0 Å². The molecular weight excluding hydrogens is 340 g/mol. The normalized spacial score (nSPS) is 16.2. The first kappa shape index (κ1) is 17.7. The Morgan fingerprint density at radius 1 is 1.12 bits per heavy atom. The van der Waals surface area contributed by atoms with Crippen molar-refractivity contribution in [3.63, 3.8) is 0 Å². The van der Waals surface area contributed by atoms with Crippen molar-refractivity contribution in [1.29, 1.82) is 0 Å². The average molecular weight is 361 g/mol. The van der Waals surface area contributed by atoms with Gasteiger partial charge in [0.05, 0.1) is 20.3 Å². The average Bonchev–Trinajstić information content (AvgIpc) is 2.67. The predicted octanol–water partition coefficient (Wildman–Crippen LogP) is 3.11. The van der Waals surface area contributed by atoms with Crippen LogP contribution in [0.25, 0.3) is 0 Å². The van der Waals surface area contributed by atoms with Crippen molar-refractivity contribution in [2.45, 2.75) is 6.17 Å². The van der Waals surface area contributed by atoms with E-state index in [0.717, 1.165) is 24.4 Å². The molecule has 0 aromatic heterocycles. The Hall–Kier alpha value is -2.08. The van der Waals surface area contributed by atoms with E-state index in [0.29, 0.717) is 23.8 Å². The van der Waals surface area contributed by atoms with Crippen LogP contribution in [0, 0.1) is 0 Å². The molecule has 2 aromatic rings. The van der Waals surface area contributed by atoms with Gasteiger partial charge in [0.25, 0.3) is 5.91 Å². The minimum absolute atomic E-state index is 0.135. The number of methoxy groups -OCH3 is 1. The number of amides is 1. The van der Waals surface area contributed by atoms with Crippen LogP contribution in [0.3, 0.4) is 0 Å². The van der Waals surface area contributed by atoms with Crippen molar-refractivity contribution < 1.29 is 14.3 Å². The fraction of sp³-hybridized carbons (Fsp3) is 0.316. The second-order valence-corrected chi connectivity index (χ2v) is 6.24. The predicted molar refractivity (Wildman–Crippen MR) is 97.0 cm³/mol. The van der Waals surface area contributed by atoms with Gasteiger partial charge in [0, 0.05) is 23.7 Å². The van der Waals surface area contributed by atoms with E-state index in [4.69, 9.17) is 21.1 Å². The van der Waals surface area contributed by atoms with Gasteiger partial charge in [-0.3, -0.25) is 9.69 Å². The summed E-state index contributed by atoms with van der Waals surface area (Å²) in [5.41, 5.74) is 1.58. The van der Waals surface area contributed by atoms with Crippen molar-refractivity contribution in [2.75, 3.05) is 33.4 Å². The van der Waals surface area contributed by atoms with E-state index in [1.165, 1.54) is 0 Å². The summed E-state index contributed by atoms with van der Waals surface area (Å²) in [5.74, 6) is 0.650. The zero-order valence-corrected chi connectivity index (χ0v) is 14.8.